The summed E-state index contributed by atoms with van der Waals surface area (Å²) < 4.78 is 5.08. The van der Waals surface area contributed by atoms with E-state index in [0.717, 1.165) is 11.3 Å². The van der Waals surface area contributed by atoms with Crippen molar-refractivity contribution in [2.75, 3.05) is 12.4 Å². The molecule has 2 aromatic rings. The van der Waals surface area contributed by atoms with E-state index in [4.69, 9.17) is 16.3 Å². The van der Waals surface area contributed by atoms with Crippen LogP contribution in [0.15, 0.2) is 30.6 Å². The van der Waals surface area contributed by atoms with Crippen LogP contribution in [0.1, 0.15) is 15.9 Å². The van der Waals surface area contributed by atoms with Gasteiger partial charge in [0, 0.05) is 6.54 Å². The van der Waals surface area contributed by atoms with Gasteiger partial charge < -0.3 is 10.1 Å². The zero-order chi connectivity index (χ0) is 13.7. The van der Waals surface area contributed by atoms with Crippen LogP contribution < -0.4 is 10.1 Å². The maximum absolute atomic E-state index is 10.9. The largest absolute Gasteiger partial charge is 0.497 e. The van der Waals surface area contributed by atoms with Crippen molar-refractivity contribution in [3.05, 3.63) is 46.9 Å². The lowest BCUT2D eigenvalue weighted by Gasteiger charge is -2.08. The number of aldehydes is 1. The first-order valence-electron chi connectivity index (χ1n) is 5.57. The van der Waals surface area contributed by atoms with Gasteiger partial charge in [0.05, 0.1) is 12.7 Å². The van der Waals surface area contributed by atoms with Gasteiger partial charge in [-0.1, -0.05) is 23.7 Å². The summed E-state index contributed by atoms with van der Waals surface area (Å²) in [6.45, 7) is 0.526. The number of methoxy groups -OCH3 is 1. The highest BCUT2D eigenvalue weighted by Gasteiger charge is 2.08. The highest BCUT2D eigenvalue weighted by molar-refractivity contribution is 6.32. The van der Waals surface area contributed by atoms with Crippen molar-refractivity contribution >= 4 is 23.7 Å². The van der Waals surface area contributed by atoms with E-state index in [1.807, 2.05) is 24.3 Å². The Morgan fingerprint density at radius 2 is 2.05 bits per heavy atom. The fourth-order valence-corrected chi connectivity index (χ4v) is 1.73. The summed E-state index contributed by atoms with van der Waals surface area (Å²) in [4.78, 5) is 18.7. The molecular formula is C13H12ClN3O2. The van der Waals surface area contributed by atoms with Crippen molar-refractivity contribution in [1.82, 2.24) is 9.97 Å². The Morgan fingerprint density at radius 3 is 2.68 bits per heavy atom. The smallest absolute Gasteiger partial charge is 0.156 e. The molecule has 0 amide bonds. The van der Waals surface area contributed by atoms with Gasteiger partial charge in [0.15, 0.2) is 6.29 Å². The van der Waals surface area contributed by atoms with Crippen molar-refractivity contribution in [2.45, 2.75) is 6.54 Å². The number of nitrogens with zero attached hydrogens (tertiary/aromatic N) is 2. The molecule has 0 unspecified atom stereocenters. The zero-order valence-corrected chi connectivity index (χ0v) is 11.0. The number of rotatable bonds is 5. The third-order valence-electron chi connectivity index (χ3n) is 2.57. The molecule has 0 bridgehead atoms. The summed E-state index contributed by atoms with van der Waals surface area (Å²) in [7, 11) is 1.62. The molecule has 1 aromatic heterocycles. The van der Waals surface area contributed by atoms with Crippen LogP contribution in [-0.4, -0.2) is 23.4 Å². The van der Waals surface area contributed by atoms with Crippen LogP contribution >= 0.6 is 11.6 Å². The van der Waals surface area contributed by atoms with E-state index < -0.39 is 0 Å². The van der Waals surface area contributed by atoms with Crippen molar-refractivity contribution < 1.29 is 9.53 Å². The second-order valence-electron chi connectivity index (χ2n) is 3.75. The number of anilines is 1. The van der Waals surface area contributed by atoms with Crippen LogP contribution in [0.3, 0.4) is 0 Å². The molecule has 0 aliphatic heterocycles. The van der Waals surface area contributed by atoms with E-state index in [9.17, 15) is 4.79 Å². The van der Waals surface area contributed by atoms with Gasteiger partial charge >= 0.3 is 0 Å². The van der Waals surface area contributed by atoms with E-state index >= 15 is 0 Å². The summed E-state index contributed by atoms with van der Waals surface area (Å²) in [5.74, 6) is 1.22. The predicted molar refractivity (Wildman–Crippen MR) is 72.8 cm³/mol. The molecule has 19 heavy (non-hydrogen) atoms. The van der Waals surface area contributed by atoms with E-state index in [2.05, 4.69) is 15.3 Å². The molecule has 0 saturated heterocycles. The molecule has 0 spiro atoms. The Labute approximate surface area is 115 Å². The molecule has 6 heteroatoms. The normalized spacial score (nSPS) is 10.0. The molecule has 2 rings (SSSR count). The topological polar surface area (TPSA) is 64.1 Å². The summed E-state index contributed by atoms with van der Waals surface area (Å²) in [6, 6.07) is 7.58. The number of benzene rings is 1. The minimum Gasteiger partial charge on any atom is -0.497 e. The van der Waals surface area contributed by atoms with Gasteiger partial charge in [0.2, 0.25) is 0 Å². The fourth-order valence-electron chi connectivity index (χ4n) is 1.55. The van der Waals surface area contributed by atoms with E-state index in [-0.39, 0.29) is 10.7 Å². The Morgan fingerprint density at radius 1 is 1.32 bits per heavy atom. The second-order valence-corrected chi connectivity index (χ2v) is 4.10. The maximum atomic E-state index is 10.9. The molecule has 0 aliphatic carbocycles. The minimum atomic E-state index is 0.141. The Hall–Kier alpha value is -2.14. The monoisotopic (exact) mass is 277 g/mol. The number of nitrogens with one attached hydrogen (secondary N) is 1. The molecular weight excluding hydrogens is 266 g/mol. The van der Waals surface area contributed by atoms with Gasteiger partial charge in [-0.15, -0.1) is 0 Å². The number of aromatic nitrogens is 2. The van der Waals surface area contributed by atoms with Gasteiger partial charge in [-0.05, 0) is 17.7 Å². The summed E-state index contributed by atoms with van der Waals surface area (Å²) in [5, 5.41) is 3.19. The Bertz CT molecular complexity index is 573. The van der Waals surface area contributed by atoms with Gasteiger partial charge in [-0.25, -0.2) is 9.97 Å². The minimum absolute atomic E-state index is 0.141. The van der Waals surface area contributed by atoms with Gasteiger partial charge in [0.1, 0.15) is 23.0 Å². The van der Waals surface area contributed by atoms with Gasteiger partial charge in [-0.2, -0.15) is 0 Å². The Kier molecular flexibility index (Phi) is 4.30. The number of carbonyl (C=O) groups is 1. The van der Waals surface area contributed by atoms with E-state index in [1.165, 1.54) is 6.33 Å². The summed E-state index contributed by atoms with van der Waals surface area (Å²) in [6.07, 6.45) is 1.95. The summed E-state index contributed by atoms with van der Waals surface area (Å²) >= 11 is 5.81. The van der Waals surface area contributed by atoms with E-state index in [0.29, 0.717) is 18.6 Å². The molecule has 0 radical (unpaired) electrons. The SMILES string of the molecule is COc1ccc(CNc2ncnc(Cl)c2C=O)cc1. The van der Waals surface area contributed by atoms with Crippen LogP contribution in [0.25, 0.3) is 0 Å². The summed E-state index contributed by atoms with van der Waals surface area (Å²) in [5.41, 5.74) is 1.30. The van der Waals surface area contributed by atoms with Crippen LogP contribution in [0.4, 0.5) is 5.82 Å². The van der Waals surface area contributed by atoms with Gasteiger partial charge in [-0.3, -0.25) is 4.79 Å². The molecule has 1 heterocycles. The number of hydrogen-bond acceptors (Lipinski definition) is 5. The molecule has 1 aromatic carbocycles. The molecule has 1 N–H and O–H groups in total. The number of carbonyl (C=O) groups excluding carboxylic acids is 1. The van der Waals surface area contributed by atoms with Crippen LogP contribution in [0.5, 0.6) is 5.75 Å². The Balaban J connectivity index is 2.09. The lowest BCUT2D eigenvalue weighted by atomic mass is 10.2. The quantitative estimate of drug-likeness (QED) is 0.672. The molecule has 98 valence electrons. The molecule has 0 aliphatic rings. The van der Waals surface area contributed by atoms with Gasteiger partial charge in [0.25, 0.3) is 0 Å². The highest BCUT2D eigenvalue weighted by atomic mass is 35.5. The van der Waals surface area contributed by atoms with Crippen LogP contribution in [-0.2, 0) is 6.54 Å². The third-order valence-corrected chi connectivity index (χ3v) is 2.87. The number of halogens is 1. The first kappa shape index (κ1) is 13.3. The highest BCUT2D eigenvalue weighted by Crippen LogP contribution is 2.18. The average molecular weight is 278 g/mol. The van der Waals surface area contributed by atoms with Crippen molar-refractivity contribution in [3.63, 3.8) is 0 Å². The zero-order valence-electron chi connectivity index (χ0n) is 10.3. The standard InChI is InChI=1S/C13H12ClN3O2/c1-19-10-4-2-9(3-5-10)6-15-13-11(7-18)12(14)16-8-17-13/h2-5,7-8H,6H2,1H3,(H,15,16,17). The molecule has 0 atom stereocenters. The first-order valence-corrected chi connectivity index (χ1v) is 5.95. The number of ether oxygens (including phenoxy) is 1. The van der Waals surface area contributed by atoms with Crippen LogP contribution in [0, 0.1) is 0 Å². The van der Waals surface area contributed by atoms with Crippen molar-refractivity contribution in [1.29, 1.82) is 0 Å². The number of hydrogen-bond donors (Lipinski definition) is 1. The van der Waals surface area contributed by atoms with E-state index in [1.54, 1.807) is 7.11 Å². The van der Waals surface area contributed by atoms with Crippen molar-refractivity contribution in [2.24, 2.45) is 0 Å². The fraction of sp³-hybridized carbons (Fsp3) is 0.154. The second kappa shape index (κ2) is 6.15. The average Bonchev–Trinajstić information content (AvgIpc) is 2.45. The molecule has 0 saturated carbocycles. The molecule has 0 fully saturated rings. The molecule has 5 nitrogen and oxygen atoms in total. The lowest BCUT2D eigenvalue weighted by Crippen LogP contribution is -2.05. The predicted octanol–water partition coefficient (Wildman–Crippen LogP) is 2.56. The van der Waals surface area contributed by atoms with Crippen LogP contribution in [0.2, 0.25) is 5.15 Å². The lowest BCUT2D eigenvalue weighted by molar-refractivity contribution is 0.112. The maximum Gasteiger partial charge on any atom is 0.156 e. The third kappa shape index (κ3) is 3.20. The van der Waals surface area contributed by atoms with Crippen molar-refractivity contribution in [3.8, 4) is 5.75 Å². The first-order chi connectivity index (χ1) is 9.24.